The maximum absolute atomic E-state index is 11.3. The van der Waals surface area contributed by atoms with Crippen molar-refractivity contribution in [2.24, 2.45) is 5.92 Å². The molecule has 0 saturated carbocycles. The van der Waals surface area contributed by atoms with Crippen LogP contribution >= 0.6 is 0 Å². The first-order chi connectivity index (χ1) is 5.55. The zero-order valence-corrected chi connectivity index (χ0v) is 8.02. The van der Waals surface area contributed by atoms with Crippen LogP contribution in [-0.4, -0.2) is 25.2 Å². The van der Waals surface area contributed by atoms with E-state index in [1.165, 1.54) is 0 Å². The van der Waals surface area contributed by atoms with E-state index < -0.39 is 0 Å². The number of ether oxygens (including phenoxy) is 1. The lowest BCUT2D eigenvalue weighted by Gasteiger charge is -2.34. The monoisotopic (exact) mass is 171 g/mol. The van der Waals surface area contributed by atoms with Crippen LogP contribution in [0.15, 0.2) is 0 Å². The smallest absolute Gasteiger partial charge is 0.223 e. The van der Waals surface area contributed by atoms with Gasteiger partial charge in [0.15, 0.2) is 0 Å². The number of nitrogens with one attached hydrogen (secondary N) is 1. The van der Waals surface area contributed by atoms with Crippen LogP contribution < -0.4 is 5.32 Å². The topological polar surface area (TPSA) is 38.3 Å². The zero-order valence-electron chi connectivity index (χ0n) is 8.02. The third kappa shape index (κ3) is 2.21. The molecule has 3 nitrogen and oxygen atoms in total. The molecule has 3 heteroatoms. The first-order valence-electron chi connectivity index (χ1n) is 4.41. The Bertz CT molecular complexity index is 177. The molecule has 1 unspecified atom stereocenters. The first-order valence-corrected chi connectivity index (χ1v) is 4.41. The normalized spacial score (nSPS) is 28.1. The van der Waals surface area contributed by atoms with Crippen LogP contribution in [0.5, 0.6) is 0 Å². The van der Waals surface area contributed by atoms with Crippen LogP contribution in [0.2, 0.25) is 0 Å². The molecule has 0 radical (unpaired) electrons. The van der Waals surface area contributed by atoms with Crippen molar-refractivity contribution in [1.29, 1.82) is 0 Å². The molecule has 0 aromatic carbocycles. The lowest BCUT2D eigenvalue weighted by Crippen LogP contribution is -2.40. The SMILES string of the molecule is CNC(=O)C1CCOC(C)(C)C1. The maximum atomic E-state index is 11.3. The van der Waals surface area contributed by atoms with Crippen molar-refractivity contribution < 1.29 is 9.53 Å². The Morgan fingerprint density at radius 1 is 1.58 bits per heavy atom. The van der Waals surface area contributed by atoms with Crippen molar-refractivity contribution in [2.75, 3.05) is 13.7 Å². The molecule has 12 heavy (non-hydrogen) atoms. The molecule has 1 saturated heterocycles. The van der Waals surface area contributed by atoms with Gasteiger partial charge in [-0.25, -0.2) is 0 Å². The molecule has 1 N–H and O–H groups in total. The summed E-state index contributed by atoms with van der Waals surface area (Å²) in [5.74, 6) is 0.283. The number of rotatable bonds is 1. The van der Waals surface area contributed by atoms with E-state index >= 15 is 0 Å². The fraction of sp³-hybridized carbons (Fsp3) is 0.889. The van der Waals surface area contributed by atoms with Gasteiger partial charge >= 0.3 is 0 Å². The number of hydrogen-bond donors (Lipinski definition) is 1. The van der Waals surface area contributed by atoms with Gasteiger partial charge in [-0.2, -0.15) is 0 Å². The molecule has 0 spiro atoms. The van der Waals surface area contributed by atoms with Crippen LogP contribution in [0.25, 0.3) is 0 Å². The van der Waals surface area contributed by atoms with Gasteiger partial charge in [0.05, 0.1) is 5.60 Å². The standard InChI is InChI=1S/C9H17NO2/c1-9(2)6-7(4-5-12-9)8(11)10-3/h7H,4-6H2,1-3H3,(H,10,11). The van der Waals surface area contributed by atoms with E-state index in [1.807, 2.05) is 13.8 Å². The van der Waals surface area contributed by atoms with E-state index in [2.05, 4.69) is 5.32 Å². The summed E-state index contributed by atoms with van der Waals surface area (Å²) in [6, 6.07) is 0. The summed E-state index contributed by atoms with van der Waals surface area (Å²) in [6.45, 7) is 4.76. The molecule has 1 rings (SSSR count). The quantitative estimate of drug-likeness (QED) is 0.637. The fourth-order valence-corrected chi connectivity index (χ4v) is 1.66. The average molecular weight is 171 g/mol. The molecule has 0 bridgehead atoms. The molecule has 1 aliphatic heterocycles. The number of amides is 1. The van der Waals surface area contributed by atoms with Crippen molar-refractivity contribution in [3.05, 3.63) is 0 Å². The van der Waals surface area contributed by atoms with Gasteiger partial charge in [0.1, 0.15) is 0 Å². The van der Waals surface area contributed by atoms with Crippen molar-refractivity contribution in [2.45, 2.75) is 32.3 Å². The van der Waals surface area contributed by atoms with E-state index in [0.717, 1.165) is 12.8 Å². The van der Waals surface area contributed by atoms with Gasteiger partial charge in [0, 0.05) is 19.6 Å². The lowest BCUT2D eigenvalue weighted by atomic mass is 9.88. The van der Waals surface area contributed by atoms with E-state index in [9.17, 15) is 4.79 Å². The highest BCUT2D eigenvalue weighted by molar-refractivity contribution is 5.78. The van der Waals surface area contributed by atoms with E-state index in [4.69, 9.17) is 4.74 Å². The summed E-state index contributed by atoms with van der Waals surface area (Å²) < 4.78 is 5.51. The van der Waals surface area contributed by atoms with Crippen LogP contribution in [0.1, 0.15) is 26.7 Å². The van der Waals surface area contributed by atoms with Crippen LogP contribution in [0.3, 0.4) is 0 Å². The van der Waals surface area contributed by atoms with Crippen molar-refractivity contribution >= 4 is 5.91 Å². The largest absolute Gasteiger partial charge is 0.376 e. The van der Waals surface area contributed by atoms with E-state index in [-0.39, 0.29) is 17.4 Å². The summed E-state index contributed by atoms with van der Waals surface area (Å²) in [5.41, 5.74) is -0.130. The van der Waals surface area contributed by atoms with E-state index in [1.54, 1.807) is 7.05 Å². The second-order valence-corrected chi connectivity index (χ2v) is 3.91. The van der Waals surface area contributed by atoms with E-state index in [0.29, 0.717) is 6.61 Å². The molecule has 1 amide bonds. The summed E-state index contributed by atoms with van der Waals surface area (Å²) >= 11 is 0. The Labute approximate surface area is 73.5 Å². The minimum absolute atomic E-state index is 0.130. The molecule has 70 valence electrons. The minimum Gasteiger partial charge on any atom is -0.376 e. The molecule has 1 aliphatic rings. The van der Waals surface area contributed by atoms with Gasteiger partial charge in [-0.15, -0.1) is 0 Å². The summed E-state index contributed by atoms with van der Waals surface area (Å²) in [5, 5.41) is 2.68. The van der Waals surface area contributed by atoms with Gasteiger partial charge < -0.3 is 10.1 Å². The number of carbonyl (C=O) groups excluding carboxylic acids is 1. The summed E-state index contributed by atoms with van der Waals surface area (Å²) in [6.07, 6.45) is 1.68. The molecule has 0 aliphatic carbocycles. The zero-order chi connectivity index (χ0) is 9.19. The van der Waals surface area contributed by atoms with Crippen molar-refractivity contribution in [3.63, 3.8) is 0 Å². The van der Waals surface area contributed by atoms with Crippen molar-refractivity contribution in [3.8, 4) is 0 Å². The Kier molecular flexibility index (Phi) is 2.73. The number of hydrogen-bond acceptors (Lipinski definition) is 2. The number of carbonyl (C=O) groups is 1. The van der Waals surface area contributed by atoms with Crippen LogP contribution in [0, 0.1) is 5.92 Å². The Morgan fingerprint density at radius 3 is 2.75 bits per heavy atom. The first kappa shape index (κ1) is 9.52. The second-order valence-electron chi connectivity index (χ2n) is 3.91. The minimum atomic E-state index is -0.130. The average Bonchev–Trinajstić information content (AvgIpc) is 2.01. The Hall–Kier alpha value is -0.570. The predicted molar refractivity (Wildman–Crippen MR) is 46.8 cm³/mol. The molecule has 0 aromatic rings. The van der Waals surface area contributed by atoms with Gasteiger partial charge in [-0.05, 0) is 26.7 Å². The summed E-state index contributed by atoms with van der Waals surface area (Å²) in [7, 11) is 1.69. The fourth-order valence-electron chi connectivity index (χ4n) is 1.66. The van der Waals surface area contributed by atoms with Crippen molar-refractivity contribution in [1.82, 2.24) is 5.32 Å². The van der Waals surface area contributed by atoms with Gasteiger partial charge in [0.25, 0.3) is 0 Å². The molecule has 1 heterocycles. The van der Waals surface area contributed by atoms with Gasteiger partial charge in [0.2, 0.25) is 5.91 Å². The molecule has 1 atom stereocenters. The molecule has 1 fully saturated rings. The highest BCUT2D eigenvalue weighted by Gasteiger charge is 2.32. The second kappa shape index (κ2) is 3.44. The maximum Gasteiger partial charge on any atom is 0.223 e. The highest BCUT2D eigenvalue weighted by Crippen LogP contribution is 2.28. The molecular weight excluding hydrogens is 154 g/mol. The van der Waals surface area contributed by atoms with Crippen LogP contribution in [0.4, 0.5) is 0 Å². The van der Waals surface area contributed by atoms with Gasteiger partial charge in [-0.3, -0.25) is 4.79 Å². The molecular formula is C9H17NO2. The molecule has 0 aromatic heterocycles. The summed E-state index contributed by atoms with van der Waals surface area (Å²) in [4.78, 5) is 11.3. The lowest BCUT2D eigenvalue weighted by molar-refractivity contribution is -0.134. The third-order valence-corrected chi connectivity index (χ3v) is 2.31. The Morgan fingerprint density at radius 2 is 2.25 bits per heavy atom. The Balaban J connectivity index is 2.52. The predicted octanol–water partition coefficient (Wildman–Crippen LogP) is 0.938. The third-order valence-electron chi connectivity index (χ3n) is 2.31. The van der Waals surface area contributed by atoms with Crippen LogP contribution in [-0.2, 0) is 9.53 Å². The highest BCUT2D eigenvalue weighted by atomic mass is 16.5. The van der Waals surface area contributed by atoms with Gasteiger partial charge in [-0.1, -0.05) is 0 Å².